The van der Waals surface area contributed by atoms with Crippen molar-refractivity contribution >= 4 is 23.4 Å². The van der Waals surface area contributed by atoms with E-state index >= 15 is 0 Å². The van der Waals surface area contributed by atoms with E-state index in [0.29, 0.717) is 17.0 Å². The summed E-state index contributed by atoms with van der Waals surface area (Å²) in [6, 6.07) is 4.62. The van der Waals surface area contributed by atoms with Gasteiger partial charge in [0.25, 0.3) is 0 Å². The molecule has 1 aromatic carbocycles. The molecule has 1 aromatic rings. The van der Waals surface area contributed by atoms with E-state index in [4.69, 9.17) is 11.6 Å². The Hall–Kier alpha value is -0.250. The van der Waals surface area contributed by atoms with Crippen molar-refractivity contribution in [3.63, 3.8) is 0 Å². The minimum atomic E-state index is -0.778. The van der Waals surface area contributed by atoms with Crippen LogP contribution in [0.5, 0.6) is 0 Å². The molecule has 2 unspecified atom stereocenters. The van der Waals surface area contributed by atoms with Crippen LogP contribution in [0.1, 0.15) is 18.9 Å². The van der Waals surface area contributed by atoms with E-state index in [2.05, 4.69) is 0 Å². The van der Waals surface area contributed by atoms with Gasteiger partial charge in [-0.3, -0.25) is 0 Å². The van der Waals surface area contributed by atoms with E-state index in [9.17, 15) is 9.50 Å². The summed E-state index contributed by atoms with van der Waals surface area (Å²) in [5, 5.41) is 10.9. The molecule has 2 atom stereocenters. The molecule has 0 aliphatic carbocycles. The summed E-state index contributed by atoms with van der Waals surface area (Å²) < 4.78 is 13.6. The third kappa shape index (κ3) is 2.36. The molecule has 0 saturated carbocycles. The second-order valence-corrected chi connectivity index (χ2v) is 6.16. The van der Waals surface area contributed by atoms with Gasteiger partial charge in [0.15, 0.2) is 0 Å². The van der Waals surface area contributed by atoms with Gasteiger partial charge in [-0.2, -0.15) is 11.8 Å². The van der Waals surface area contributed by atoms with Gasteiger partial charge in [0.1, 0.15) is 5.82 Å². The topological polar surface area (TPSA) is 20.2 Å². The Balaban J connectivity index is 2.20. The van der Waals surface area contributed by atoms with E-state index in [-0.39, 0.29) is 11.1 Å². The Morgan fingerprint density at radius 3 is 2.94 bits per heavy atom. The monoisotopic (exact) mass is 260 g/mol. The van der Waals surface area contributed by atoms with Gasteiger partial charge in [0, 0.05) is 16.7 Å². The molecule has 1 heterocycles. The summed E-state index contributed by atoms with van der Waals surface area (Å²) >= 11 is 7.42. The zero-order valence-electron chi connectivity index (χ0n) is 9.04. The minimum absolute atomic E-state index is 0.155. The first-order valence-corrected chi connectivity index (χ1v) is 6.72. The van der Waals surface area contributed by atoms with Crippen LogP contribution in [0.3, 0.4) is 0 Å². The zero-order valence-corrected chi connectivity index (χ0v) is 10.6. The Morgan fingerprint density at radius 2 is 2.38 bits per heavy atom. The fourth-order valence-corrected chi connectivity index (χ4v) is 3.49. The highest BCUT2D eigenvalue weighted by Crippen LogP contribution is 2.38. The maximum absolute atomic E-state index is 13.6. The van der Waals surface area contributed by atoms with Crippen LogP contribution in [0.4, 0.5) is 4.39 Å². The van der Waals surface area contributed by atoms with Crippen molar-refractivity contribution in [2.45, 2.75) is 30.6 Å². The maximum Gasteiger partial charge on any atom is 0.127 e. The number of benzene rings is 1. The fraction of sp³-hybridized carbons (Fsp3) is 0.500. The minimum Gasteiger partial charge on any atom is -0.388 e. The Labute approximate surface area is 104 Å². The summed E-state index contributed by atoms with van der Waals surface area (Å²) in [5.41, 5.74) is -0.236. The largest absolute Gasteiger partial charge is 0.388 e. The second-order valence-electron chi connectivity index (χ2n) is 4.28. The SMILES string of the molecule is CC1SCCC1(O)Cc1ccc(Cl)cc1F. The lowest BCUT2D eigenvalue weighted by molar-refractivity contribution is 0.0456. The van der Waals surface area contributed by atoms with Gasteiger partial charge >= 0.3 is 0 Å². The van der Waals surface area contributed by atoms with Crippen LogP contribution in [-0.2, 0) is 6.42 Å². The third-order valence-electron chi connectivity index (χ3n) is 3.17. The average Bonchev–Trinajstić information content (AvgIpc) is 2.52. The van der Waals surface area contributed by atoms with Crippen molar-refractivity contribution in [1.82, 2.24) is 0 Å². The molecule has 0 aromatic heterocycles. The summed E-state index contributed by atoms with van der Waals surface area (Å²) in [6.45, 7) is 1.99. The van der Waals surface area contributed by atoms with E-state index in [0.717, 1.165) is 12.2 Å². The van der Waals surface area contributed by atoms with Crippen molar-refractivity contribution in [3.05, 3.63) is 34.6 Å². The van der Waals surface area contributed by atoms with Crippen LogP contribution >= 0.6 is 23.4 Å². The lowest BCUT2D eigenvalue weighted by Crippen LogP contribution is -2.37. The normalized spacial score (nSPS) is 29.6. The first-order chi connectivity index (χ1) is 7.51. The molecule has 0 spiro atoms. The molecule has 88 valence electrons. The summed E-state index contributed by atoms with van der Waals surface area (Å²) in [4.78, 5) is 0. The van der Waals surface area contributed by atoms with Crippen molar-refractivity contribution in [2.24, 2.45) is 0 Å². The first-order valence-electron chi connectivity index (χ1n) is 5.29. The third-order valence-corrected chi connectivity index (χ3v) is 4.78. The first kappa shape index (κ1) is 12.2. The van der Waals surface area contributed by atoms with E-state index in [1.54, 1.807) is 23.9 Å². The lowest BCUT2D eigenvalue weighted by atomic mass is 9.89. The van der Waals surface area contributed by atoms with Crippen LogP contribution in [-0.4, -0.2) is 21.7 Å². The van der Waals surface area contributed by atoms with Crippen LogP contribution in [0.2, 0.25) is 5.02 Å². The van der Waals surface area contributed by atoms with Crippen molar-refractivity contribution < 1.29 is 9.50 Å². The fourth-order valence-electron chi connectivity index (χ4n) is 2.00. The highest BCUT2D eigenvalue weighted by molar-refractivity contribution is 8.00. The number of halogens is 2. The van der Waals surface area contributed by atoms with Gasteiger partial charge < -0.3 is 5.11 Å². The van der Waals surface area contributed by atoms with Gasteiger partial charge in [-0.05, 0) is 29.9 Å². The molecular formula is C12H14ClFOS. The number of hydrogen-bond donors (Lipinski definition) is 1. The van der Waals surface area contributed by atoms with Crippen LogP contribution in [0, 0.1) is 5.82 Å². The summed E-state index contributed by atoms with van der Waals surface area (Å²) in [6.07, 6.45) is 1.09. The molecule has 1 saturated heterocycles. The smallest absolute Gasteiger partial charge is 0.127 e. The summed E-state index contributed by atoms with van der Waals surface area (Å²) in [5.74, 6) is 0.609. The van der Waals surface area contributed by atoms with Crippen LogP contribution in [0.25, 0.3) is 0 Å². The Morgan fingerprint density at radius 1 is 1.62 bits per heavy atom. The van der Waals surface area contributed by atoms with Crippen molar-refractivity contribution in [1.29, 1.82) is 0 Å². The van der Waals surface area contributed by atoms with Crippen LogP contribution in [0.15, 0.2) is 18.2 Å². The summed E-state index contributed by atoms with van der Waals surface area (Å²) in [7, 11) is 0. The predicted molar refractivity (Wildman–Crippen MR) is 66.6 cm³/mol. The predicted octanol–water partition coefficient (Wildman–Crippen LogP) is 3.28. The molecule has 1 aliphatic heterocycles. The highest BCUT2D eigenvalue weighted by atomic mass is 35.5. The second kappa shape index (κ2) is 4.55. The molecule has 2 rings (SSSR count). The molecular weight excluding hydrogens is 247 g/mol. The highest BCUT2D eigenvalue weighted by Gasteiger charge is 2.39. The van der Waals surface area contributed by atoms with Gasteiger partial charge in [-0.15, -0.1) is 0 Å². The molecule has 0 bridgehead atoms. The van der Waals surface area contributed by atoms with E-state index in [1.165, 1.54) is 6.07 Å². The van der Waals surface area contributed by atoms with E-state index < -0.39 is 5.60 Å². The average molecular weight is 261 g/mol. The molecule has 0 radical (unpaired) electrons. The molecule has 4 heteroatoms. The molecule has 1 aliphatic rings. The number of aliphatic hydroxyl groups is 1. The Bertz CT molecular complexity index is 399. The lowest BCUT2D eigenvalue weighted by Gasteiger charge is -2.27. The standard InChI is InChI=1S/C12H14ClFOS/c1-8-12(15,4-5-16-8)7-9-2-3-10(13)6-11(9)14/h2-3,6,8,15H,4-5,7H2,1H3. The number of rotatable bonds is 2. The van der Waals surface area contributed by atoms with Gasteiger partial charge in [0.2, 0.25) is 0 Å². The van der Waals surface area contributed by atoms with Crippen LogP contribution < -0.4 is 0 Å². The molecule has 16 heavy (non-hydrogen) atoms. The number of thioether (sulfide) groups is 1. The van der Waals surface area contributed by atoms with Crippen molar-refractivity contribution in [2.75, 3.05) is 5.75 Å². The van der Waals surface area contributed by atoms with Crippen molar-refractivity contribution in [3.8, 4) is 0 Å². The molecule has 1 N–H and O–H groups in total. The molecule has 0 amide bonds. The Kier molecular flexibility index (Phi) is 3.48. The van der Waals surface area contributed by atoms with Gasteiger partial charge in [-0.1, -0.05) is 24.6 Å². The number of hydrogen-bond acceptors (Lipinski definition) is 2. The maximum atomic E-state index is 13.6. The van der Waals surface area contributed by atoms with E-state index in [1.807, 2.05) is 6.92 Å². The molecule has 1 nitrogen and oxygen atoms in total. The van der Waals surface area contributed by atoms with Gasteiger partial charge in [-0.25, -0.2) is 4.39 Å². The zero-order chi connectivity index (χ0) is 11.8. The van der Waals surface area contributed by atoms with Gasteiger partial charge in [0.05, 0.1) is 5.60 Å². The molecule has 1 fully saturated rings. The quantitative estimate of drug-likeness (QED) is 0.881.